The van der Waals surface area contributed by atoms with E-state index in [1.165, 1.54) is 7.11 Å². The number of hydrogen-bond acceptors (Lipinski definition) is 5. The van der Waals surface area contributed by atoms with Crippen molar-refractivity contribution in [3.63, 3.8) is 0 Å². The van der Waals surface area contributed by atoms with Crippen molar-refractivity contribution in [2.45, 2.75) is 6.61 Å². The number of rotatable bonds is 7. The Morgan fingerprint density at radius 3 is 2.67 bits per heavy atom. The summed E-state index contributed by atoms with van der Waals surface area (Å²) in [7, 11) is 1.48. The van der Waals surface area contributed by atoms with Crippen LogP contribution >= 0.6 is 11.6 Å². The number of carbonyl (C=O) groups is 2. The second kappa shape index (κ2) is 8.21. The maximum absolute atomic E-state index is 12.1. The molecule has 0 aliphatic carbocycles. The molecule has 126 valence electrons. The zero-order valence-corrected chi connectivity index (χ0v) is 13.7. The second-order valence-corrected chi connectivity index (χ2v) is 5.30. The topological polar surface area (TPSA) is 84.9 Å². The number of halogens is 1. The number of nitrogens with one attached hydrogen (secondary N) is 1. The molecule has 0 saturated carbocycles. The summed E-state index contributed by atoms with van der Waals surface area (Å²) in [6.45, 7) is -0.0673. The maximum Gasteiger partial charge on any atom is 0.506 e. The van der Waals surface area contributed by atoms with E-state index in [0.717, 1.165) is 0 Å². The van der Waals surface area contributed by atoms with Crippen LogP contribution in [0.15, 0.2) is 42.5 Å². The average molecular weight is 350 g/mol. The highest BCUT2D eigenvalue weighted by molar-refractivity contribution is 6.31. The van der Waals surface area contributed by atoms with Gasteiger partial charge in [-0.2, -0.15) is 0 Å². The van der Waals surface area contributed by atoms with Gasteiger partial charge in [-0.05, 0) is 30.3 Å². The Labute approximate surface area is 144 Å². The Morgan fingerprint density at radius 1 is 1.21 bits per heavy atom. The van der Waals surface area contributed by atoms with Crippen LogP contribution in [0.5, 0.6) is 5.75 Å². The summed E-state index contributed by atoms with van der Waals surface area (Å²) in [6.07, 6.45) is -1.37. The van der Waals surface area contributed by atoms with Crippen molar-refractivity contribution in [1.82, 2.24) is 0 Å². The lowest BCUT2D eigenvalue weighted by Gasteiger charge is -2.12. The van der Waals surface area contributed by atoms with Crippen molar-refractivity contribution in [2.24, 2.45) is 0 Å². The van der Waals surface area contributed by atoms with Crippen LogP contribution < -0.4 is 10.1 Å². The molecule has 0 saturated heterocycles. The van der Waals surface area contributed by atoms with Gasteiger partial charge in [0.05, 0.1) is 13.7 Å². The summed E-state index contributed by atoms with van der Waals surface area (Å²) < 4.78 is 9.72. The number of ether oxygens (including phenoxy) is 2. The number of hydrogen-bond donors (Lipinski definition) is 2. The van der Waals surface area contributed by atoms with Crippen molar-refractivity contribution >= 4 is 29.2 Å². The van der Waals surface area contributed by atoms with E-state index in [2.05, 4.69) is 10.1 Å². The highest BCUT2D eigenvalue weighted by Crippen LogP contribution is 2.23. The minimum atomic E-state index is -1.37. The molecule has 0 spiro atoms. The van der Waals surface area contributed by atoms with Gasteiger partial charge < -0.3 is 19.9 Å². The molecule has 0 unspecified atom stereocenters. The Hall–Kier alpha value is -2.73. The standard InChI is InChI=1S/C17H16ClNO5/c1-23-16-6-5-14(8-12(16)10-24-17(21)22)19-9-15(20)11-3-2-4-13(18)7-11/h2-8,19H,9-10H2,1H3,(H,21,22). The normalized spacial score (nSPS) is 10.1. The van der Waals surface area contributed by atoms with E-state index >= 15 is 0 Å². The van der Waals surface area contributed by atoms with Gasteiger partial charge >= 0.3 is 6.16 Å². The first kappa shape index (κ1) is 17.6. The molecule has 0 fully saturated rings. The third kappa shape index (κ3) is 4.89. The van der Waals surface area contributed by atoms with Crippen LogP contribution in [-0.2, 0) is 11.3 Å². The van der Waals surface area contributed by atoms with Gasteiger partial charge in [0, 0.05) is 21.8 Å². The summed E-state index contributed by atoms with van der Waals surface area (Å²) in [4.78, 5) is 22.7. The first-order chi connectivity index (χ1) is 11.5. The Balaban J connectivity index is 2.05. The molecule has 2 rings (SSSR count). The van der Waals surface area contributed by atoms with Crippen molar-refractivity contribution in [3.8, 4) is 5.75 Å². The zero-order chi connectivity index (χ0) is 17.5. The number of Topliss-reactive ketones (excluding diaryl/α,β-unsaturated/α-hetero) is 1. The third-order valence-electron chi connectivity index (χ3n) is 3.23. The molecule has 0 amide bonds. The van der Waals surface area contributed by atoms with Crippen LogP contribution in [-0.4, -0.2) is 30.7 Å². The molecule has 7 heteroatoms. The number of benzene rings is 2. The highest BCUT2D eigenvalue weighted by Gasteiger charge is 2.09. The predicted molar refractivity (Wildman–Crippen MR) is 90.1 cm³/mol. The average Bonchev–Trinajstić information content (AvgIpc) is 2.57. The van der Waals surface area contributed by atoms with Crippen LogP contribution in [0.4, 0.5) is 10.5 Å². The van der Waals surface area contributed by atoms with Gasteiger partial charge in [-0.25, -0.2) is 4.79 Å². The molecule has 0 heterocycles. The van der Waals surface area contributed by atoms with Gasteiger partial charge in [-0.1, -0.05) is 23.7 Å². The summed E-state index contributed by atoms with van der Waals surface area (Å²) in [6, 6.07) is 11.8. The highest BCUT2D eigenvalue weighted by atomic mass is 35.5. The van der Waals surface area contributed by atoms with Gasteiger partial charge in [0.25, 0.3) is 0 Å². The quantitative estimate of drug-likeness (QED) is 0.583. The zero-order valence-electron chi connectivity index (χ0n) is 12.9. The molecular weight excluding hydrogens is 334 g/mol. The second-order valence-electron chi connectivity index (χ2n) is 4.87. The van der Waals surface area contributed by atoms with Gasteiger partial charge in [-0.15, -0.1) is 0 Å². The molecule has 0 aliphatic heterocycles. The van der Waals surface area contributed by atoms with Crippen LogP contribution in [0, 0.1) is 0 Å². The summed E-state index contributed by atoms with van der Waals surface area (Å²) in [5.74, 6) is 0.389. The first-order valence-electron chi connectivity index (χ1n) is 7.05. The minimum absolute atomic E-state index is 0.0753. The molecule has 2 aromatic carbocycles. The number of ketones is 1. The summed E-state index contributed by atoms with van der Waals surface area (Å²) in [5.41, 5.74) is 1.72. The van der Waals surface area contributed by atoms with E-state index in [9.17, 15) is 9.59 Å². The van der Waals surface area contributed by atoms with E-state index in [0.29, 0.717) is 27.6 Å². The SMILES string of the molecule is COc1ccc(NCC(=O)c2cccc(Cl)c2)cc1COC(=O)O. The Kier molecular flexibility index (Phi) is 6.03. The number of methoxy groups -OCH3 is 1. The Morgan fingerprint density at radius 2 is 2.00 bits per heavy atom. The third-order valence-corrected chi connectivity index (χ3v) is 3.47. The predicted octanol–water partition coefficient (Wildman–Crippen LogP) is 3.84. The van der Waals surface area contributed by atoms with Gasteiger partial charge in [-0.3, -0.25) is 4.79 Å². The molecular formula is C17H16ClNO5. The fourth-order valence-electron chi connectivity index (χ4n) is 2.09. The van der Waals surface area contributed by atoms with Gasteiger partial charge in [0.1, 0.15) is 12.4 Å². The van der Waals surface area contributed by atoms with Crippen molar-refractivity contribution in [2.75, 3.05) is 19.0 Å². The lowest BCUT2D eigenvalue weighted by molar-refractivity contribution is 0.0847. The maximum atomic E-state index is 12.1. The minimum Gasteiger partial charge on any atom is -0.496 e. The number of anilines is 1. The van der Waals surface area contributed by atoms with Crippen LogP contribution in [0.25, 0.3) is 0 Å². The lowest BCUT2D eigenvalue weighted by Crippen LogP contribution is -2.14. The first-order valence-corrected chi connectivity index (χ1v) is 7.42. The van der Waals surface area contributed by atoms with Gasteiger partial charge in [0.2, 0.25) is 0 Å². The molecule has 6 nitrogen and oxygen atoms in total. The molecule has 0 atom stereocenters. The fourth-order valence-corrected chi connectivity index (χ4v) is 2.28. The van der Waals surface area contributed by atoms with E-state index in [1.54, 1.807) is 42.5 Å². The summed E-state index contributed by atoms with van der Waals surface area (Å²) in [5, 5.41) is 12.1. The summed E-state index contributed by atoms with van der Waals surface area (Å²) >= 11 is 5.87. The number of carbonyl (C=O) groups excluding carboxylic acids is 1. The molecule has 0 bridgehead atoms. The largest absolute Gasteiger partial charge is 0.506 e. The molecule has 0 radical (unpaired) electrons. The molecule has 0 aromatic heterocycles. The smallest absolute Gasteiger partial charge is 0.496 e. The molecule has 24 heavy (non-hydrogen) atoms. The molecule has 2 N–H and O–H groups in total. The monoisotopic (exact) mass is 349 g/mol. The van der Waals surface area contributed by atoms with E-state index in [4.69, 9.17) is 21.4 Å². The van der Waals surface area contributed by atoms with Crippen molar-refractivity contribution in [1.29, 1.82) is 0 Å². The van der Waals surface area contributed by atoms with Gasteiger partial charge in [0.15, 0.2) is 5.78 Å². The molecule has 2 aromatic rings. The van der Waals surface area contributed by atoms with E-state index in [-0.39, 0.29) is 18.9 Å². The van der Waals surface area contributed by atoms with Crippen LogP contribution in [0.2, 0.25) is 5.02 Å². The van der Waals surface area contributed by atoms with Crippen LogP contribution in [0.3, 0.4) is 0 Å². The van der Waals surface area contributed by atoms with Crippen molar-refractivity contribution in [3.05, 3.63) is 58.6 Å². The fraction of sp³-hybridized carbons (Fsp3) is 0.176. The molecule has 0 aliphatic rings. The van der Waals surface area contributed by atoms with E-state index < -0.39 is 6.16 Å². The number of carboxylic acid groups (broad SMARTS) is 1. The van der Waals surface area contributed by atoms with Crippen LogP contribution in [0.1, 0.15) is 15.9 Å². The Bertz CT molecular complexity index is 748. The lowest BCUT2D eigenvalue weighted by atomic mass is 10.1. The van der Waals surface area contributed by atoms with Crippen molar-refractivity contribution < 1.29 is 24.2 Å². The van der Waals surface area contributed by atoms with E-state index in [1.807, 2.05) is 0 Å².